The second-order valence-electron chi connectivity index (χ2n) is 4.38. The van der Waals surface area contributed by atoms with Gasteiger partial charge in [-0.1, -0.05) is 0 Å². The average Bonchev–Trinajstić information content (AvgIpc) is 2.24. The number of likely N-dealkylation sites (N-methyl/N-ethyl adjacent to an activating group) is 1. The minimum absolute atomic E-state index is 0.0490. The van der Waals surface area contributed by atoms with Gasteiger partial charge in [-0.2, -0.15) is 11.8 Å². The normalized spacial score (nSPS) is 17.8. The van der Waals surface area contributed by atoms with Gasteiger partial charge in [0.2, 0.25) is 0 Å². The summed E-state index contributed by atoms with van der Waals surface area (Å²) in [5.74, 6) is 1.19. The van der Waals surface area contributed by atoms with Gasteiger partial charge in [0.15, 0.2) is 0 Å². The number of thioether (sulfide) groups is 1. The lowest BCUT2D eigenvalue weighted by Crippen LogP contribution is -2.56. The molecule has 3 nitrogen and oxygen atoms in total. The van der Waals surface area contributed by atoms with Crippen LogP contribution in [0.4, 0.5) is 0 Å². The molecule has 15 heavy (non-hydrogen) atoms. The van der Waals surface area contributed by atoms with Gasteiger partial charge < -0.3 is 10.5 Å². The van der Waals surface area contributed by atoms with Crippen LogP contribution in [0.25, 0.3) is 0 Å². The predicted molar refractivity (Wildman–Crippen MR) is 69.6 cm³/mol. The highest BCUT2D eigenvalue weighted by Gasteiger charge is 2.30. The topological polar surface area (TPSA) is 38.5 Å². The summed E-state index contributed by atoms with van der Waals surface area (Å²) in [6.07, 6.45) is 3.33. The maximum absolute atomic E-state index is 5.83. The number of hydrogen-bond donors (Lipinski definition) is 1. The number of rotatable bonds is 8. The first-order chi connectivity index (χ1) is 7.01. The minimum Gasteiger partial charge on any atom is -0.383 e. The predicted octanol–water partition coefficient (Wildman–Crippen LogP) is 1.42. The summed E-state index contributed by atoms with van der Waals surface area (Å²) >= 11 is 1.89. The third-order valence-corrected chi connectivity index (χ3v) is 3.79. The van der Waals surface area contributed by atoms with E-state index in [1.807, 2.05) is 11.8 Å². The fraction of sp³-hybridized carbons (Fsp3) is 1.00. The fourth-order valence-electron chi connectivity index (χ4n) is 1.63. The van der Waals surface area contributed by atoms with Crippen molar-refractivity contribution >= 4 is 11.8 Å². The van der Waals surface area contributed by atoms with Crippen molar-refractivity contribution in [1.29, 1.82) is 0 Å². The highest BCUT2D eigenvalue weighted by atomic mass is 32.2. The molecule has 92 valence electrons. The number of nitrogens with zero attached hydrogens (tertiary/aromatic N) is 1. The Labute approximate surface area is 98.7 Å². The van der Waals surface area contributed by atoms with E-state index in [1.165, 1.54) is 12.2 Å². The van der Waals surface area contributed by atoms with Crippen molar-refractivity contribution in [2.75, 3.05) is 39.3 Å². The van der Waals surface area contributed by atoms with Gasteiger partial charge >= 0.3 is 0 Å². The smallest absolute Gasteiger partial charge is 0.0656 e. The van der Waals surface area contributed by atoms with Crippen molar-refractivity contribution in [2.24, 2.45) is 5.73 Å². The molecule has 0 aromatic carbocycles. The molecular formula is C11H26N2OS. The summed E-state index contributed by atoms with van der Waals surface area (Å²) in [6.45, 7) is 5.72. The van der Waals surface area contributed by atoms with Gasteiger partial charge in [0.05, 0.1) is 12.1 Å². The van der Waals surface area contributed by atoms with E-state index in [1.54, 1.807) is 7.11 Å². The highest BCUT2D eigenvalue weighted by molar-refractivity contribution is 7.98. The zero-order valence-corrected chi connectivity index (χ0v) is 11.6. The molecule has 0 radical (unpaired) electrons. The summed E-state index contributed by atoms with van der Waals surface area (Å²) in [4.78, 5) is 2.34. The van der Waals surface area contributed by atoms with E-state index in [0.29, 0.717) is 19.2 Å². The van der Waals surface area contributed by atoms with Crippen LogP contribution in [0.5, 0.6) is 0 Å². The monoisotopic (exact) mass is 234 g/mol. The zero-order valence-electron chi connectivity index (χ0n) is 10.7. The number of nitrogens with two attached hydrogens (primary N) is 1. The molecule has 0 aliphatic heterocycles. The van der Waals surface area contributed by atoms with Crippen molar-refractivity contribution in [2.45, 2.75) is 31.8 Å². The van der Waals surface area contributed by atoms with Crippen LogP contribution in [0, 0.1) is 0 Å². The van der Waals surface area contributed by atoms with Crippen LogP contribution in [-0.4, -0.2) is 55.8 Å². The SMILES string of the molecule is COCC(C)(CN)N(C)C(C)CCSC. The second-order valence-corrected chi connectivity index (χ2v) is 5.36. The Kier molecular flexibility index (Phi) is 7.61. The van der Waals surface area contributed by atoms with Crippen LogP contribution in [-0.2, 0) is 4.74 Å². The maximum atomic E-state index is 5.83. The lowest BCUT2D eigenvalue weighted by atomic mass is 9.99. The van der Waals surface area contributed by atoms with Crippen molar-refractivity contribution in [1.82, 2.24) is 4.90 Å². The molecule has 0 aromatic heterocycles. The van der Waals surface area contributed by atoms with Crippen LogP contribution in [0.3, 0.4) is 0 Å². The molecular weight excluding hydrogens is 208 g/mol. The number of ether oxygens (including phenoxy) is 1. The van der Waals surface area contributed by atoms with Crippen molar-refractivity contribution < 1.29 is 4.74 Å². The Morgan fingerprint density at radius 1 is 1.53 bits per heavy atom. The first-order valence-electron chi connectivity index (χ1n) is 5.42. The Morgan fingerprint density at radius 3 is 2.53 bits per heavy atom. The van der Waals surface area contributed by atoms with Crippen molar-refractivity contribution in [3.63, 3.8) is 0 Å². The molecule has 0 rings (SSSR count). The molecule has 0 heterocycles. The van der Waals surface area contributed by atoms with Crippen LogP contribution < -0.4 is 5.73 Å². The molecule has 0 amide bonds. The minimum atomic E-state index is -0.0490. The molecule has 2 unspecified atom stereocenters. The quantitative estimate of drug-likeness (QED) is 0.689. The molecule has 0 aliphatic carbocycles. The van der Waals surface area contributed by atoms with E-state index in [4.69, 9.17) is 10.5 Å². The summed E-state index contributed by atoms with van der Waals surface area (Å²) < 4.78 is 5.25. The Balaban J connectivity index is 4.28. The largest absolute Gasteiger partial charge is 0.383 e. The van der Waals surface area contributed by atoms with Crippen molar-refractivity contribution in [3.8, 4) is 0 Å². The van der Waals surface area contributed by atoms with Crippen LogP contribution in [0.15, 0.2) is 0 Å². The van der Waals surface area contributed by atoms with E-state index in [-0.39, 0.29) is 5.54 Å². The van der Waals surface area contributed by atoms with Gasteiger partial charge in [0.1, 0.15) is 0 Å². The standard InChI is InChI=1S/C11H26N2OS/c1-10(6-7-15-5)13(3)11(2,8-12)9-14-4/h10H,6-9,12H2,1-5H3. The first kappa shape index (κ1) is 15.2. The van der Waals surface area contributed by atoms with E-state index < -0.39 is 0 Å². The molecule has 0 saturated heterocycles. The fourth-order valence-corrected chi connectivity index (χ4v) is 2.21. The molecule has 2 atom stereocenters. The third kappa shape index (κ3) is 4.72. The van der Waals surface area contributed by atoms with Crippen LogP contribution in [0.2, 0.25) is 0 Å². The van der Waals surface area contributed by atoms with Crippen LogP contribution in [0.1, 0.15) is 20.3 Å². The lowest BCUT2D eigenvalue weighted by molar-refractivity contribution is 0.0213. The molecule has 0 aromatic rings. The third-order valence-electron chi connectivity index (χ3n) is 3.15. The first-order valence-corrected chi connectivity index (χ1v) is 6.82. The van der Waals surface area contributed by atoms with Crippen molar-refractivity contribution in [3.05, 3.63) is 0 Å². The van der Waals surface area contributed by atoms with E-state index >= 15 is 0 Å². The highest BCUT2D eigenvalue weighted by Crippen LogP contribution is 2.18. The summed E-state index contributed by atoms with van der Waals surface area (Å²) in [6, 6.07) is 0.543. The van der Waals surface area contributed by atoms with E-state index in [2.05, 4.69) is 32.1 Å². The van der Waals surface area contributed by atoms with Crippen LogP contribution >= 0.6 is 11.8 Å². The molecule has 2 N–H and O–H groups in total. The Bertz CT molecular complexity index is 169. The maximum Gasteiger partial charge on any atom is 0.0656 e. The van der Waals surface area contributed by atoms with Gasteiger partial charge in [-0.25, -0.2) is 0 Å². The van der Waals surface area contributed by atoms with Gasteiger partial charge in [0.25, 0.3) is 0 Å². The summed E-state index contributed by atoms with van der Waals surface area (Å²) in [5, 5.41) is 0. The number of methoxy groups -OCH3 is 1. The summed E-state index contributed by atoms with van der Waals surface area (Å²) in [5.41, 5.74) is 5.78. The van der Waals surface area contributed by atoms with Gasteiger partial charge in [-0.15, -0.1) is 0 Å². The molecule has 0 saturated carbocycles. The average molecular weight is 234 g/mol. The molecule has 0 spiro atoms. The van der Waals surface area contributed by atoms with E-state index in [0.717, 1.165) is 0 Å². The second kappa shape index (κ2) is 7.49. The number of hydrogen-bond acceptors (Lipinski definition) is 4. The Morgan fingerprint density at radius 2 is 2.13 bits per heavy atom. The Hall–Kier alpha value is 0.230. The molecule has 0 fully saturated rings. The lowest BCUT2D eigenvalue weighted by Gasteiger charge is -2.41. The van der Waals surface area contributed by atoms with Gasteiger partial charge in [-0.05, 0) is 39.3 Å². The molecule has 0 aliphatic rings. The van der Waals surface area contributed by atoms with Gasteiger partial charge in [0, 0.05) is 19.7 Å². The molecule has 0 bridgehead atoms. The van der Waals surface area contributed by atoms with Gasteiger partial charge in [-0.3, -0.25) is 4.90 Å². The van der Waals surface area contributed by atoms with E-state index in [9.17, 15) is 0 Å². The zero-order chi connectivity index (χ0) is 11.9. The molecule has 4 heteroatoms. The summed E-state index contributed by atoms with van der Waals surface area (Å²) in [7, 11) is 3.87.